The molecule has 2 unspecified atom stereocenters. The SMILES string of the molecule is C[C@@H](CN(C)C)CN1c2ccccc2Sc2ccccc21.C[C@@H](CN(C)C)CN1c2ccccc2Sc2ccccc21.O=C(O)C(O)C(O)C(=O)O. The van der Waals surface area contributed by atoms with Gasteiger partial charge in [0.05, 0.1) is 22.7 Å². The Labute approximate surface area is 315 Å². The summed E-state index contributed by atoms with van der Waals surface area (Å²) in [6.07, 6.45) is -4.53. The van der Waals surface area contributed by atoms with Crippen LogP contribution in [0.15, 0.2) is 117 Å². The Morgan fingerprint density at radius 2 is 0.788 bits per heavy atom. The van der Waals surface area contributed by atoms with Crippen LogP contribution in [0, 0.1) is 11.8 Å². The van der Waals surface area contributed by atoms with Crippen molar-refractivity contribution in [1.82, 2.24) is 9.80 Å². The van der Waals surface area contributed by atoms with E-state index < -0.39 is 24.1 Å². The molecular formula is C40H50N4O6S2. The van der Waals surface area contributed by atoms with Gasteiger partial charge in [0.15, 0.2) is 12.2 Å². The second-order valence-corrected chi connectivity index (χ2v) is 15.8. The van der Waals surface area contributed by atoms with Crippen LogP contribution in [0.5, 0.6) is 0 Å². The van der Waals surface area contributed by atoms with E-state index in [1.807, 2.05) is 23.5 Å². The molecule has 0 radical (unpaired) electrons. The lowest BCUT2D eigenvalue weighted by molar-refractivity contribution is -0.165. The second kappa shape index (κ2) is 19.2. The number of benzene rings is 4. The molecule has 0 saturated carbocycles. The molecule has 0 aromatic heterocycles. The van der Waals surface area contributed by atoms with Crippen molar-refractivity contribution < 1.29 is 30.0 Å². The van der Waals surface area contributed by atoms with Gasteiger partial charge >= 0.3 is 11.9 Å². The van der Waals surface area contributed by atoms with Crippen LogP contribution in [0.3, 0.4) is 0 Å². The van der Waals surface area contributed by atoms with Crippen LogP contribution in [-0.2, 0) is 9.59 Å². The highest BCUT2D eigenvalue weighted by Crippen LogP contribution is 2.49. The Morgan fingerprint density at radius 3 is 1.02 bits per heavy atom. The highest BCUT2D eigenvalue weighted by molar-refractivity contribution is 8.00. The van der Waals surface area contributed by atoms with Crippen LogP contribution in [0.2, 0.25) is 0 Å². The Kier molecular flexibility index (Phi) is 15.0. The van der Waals surface area contributed by atoms with Gasteiger partial charge in [-0.1, -0.05) is 85.9 Å². The average Bonchev–Trinajstić information content (AvgIpc) is 3.10. The van der Waals surface area contributed by atoms with Crippen LogP contribution in [0.25, 0.3) is 0 Å². The summed E-state index contributed by atoms with van der Waals surface area (Å²) in [5.74, 6) is -2.31. The molecule has 0 bridgehead atoms. The van der Waals surface area contributed by atoms with Crippen molar-refractivity contribution in [2.75, 3.05) is 64.2 Å². The lowest BCUT2D eigenvalue weighted by Gasteiger charge is -2.35. The molecule has 2 aliphatic rings. The van der Waals surface area contributed by atoms with Gasteiger partial charge < -0.3 is 40.0 Å². The lowest BCUT2D eigenvalue weighted by atomic mass is 10.1. The van der Waals surface area contributed by atoms with Gasteiger partial charge in [-0.2, -0.15) is 0 Å². The second-order valence-electron chi connectivity index (χ2n) is 13.6. The third kappa shape index (κ3) is 11.0. The van der Waals surface area contributed by atoms with Crippen LogP contribution in [0.4, 0.5) is 22.7 Å². The van der Waals surface area contributed by atoms with Gasteiger partial charge in [0.1, 0.15) is 0 Å². The smallest absolute Gasteiger partial charge is 0.335 e. The first-order valence-electron chi connectivity index (χ1n) is 17.1. The molecule has 2 aliphatic heterocycles. The highest BCUT2D eigenvalue weighted by atomic mass is 32.2. The summed E-state index contributed by atoms with van der Waals surface area (Å²) in [5, 5.41) is 32.5. The molecule has 0 aliphatic carbocycles. The number of hydrogen-bond acceptors (Lipinski definition) is 10. The maximum absolute atomic E-state index is 9.77. The van der Waals surface area contributed by atoms with Gasteiger partial charge in [-0.25, -0.2) is 9.59 Å². The quantitative estimate of drug-likeness (QED) is 0.128. The number of aliphatic carboxylic acids is 2. The molecule has 0 amide bonds. The standard InChI is InChI=1S/2C18H22N2S.C4H6O6/c2*1-14(12-19(2)3)13-20-15-8-4-6-10-17(15)21-18-11-7-5-9-16(18)20;5-1(3(7)8)2(6)4(9)10/h2*4-11,14H,12-13H2,1-3H3;1-2,5-6H,(H,7,8)(H,9,10)/t2*14-;/m00./s1. The fourth-order valence-corrected chi connectivity index (χ4v) is 8.40. The minimum absolute atomic E-state index is 0.615. The molecule has 0 spiro atoms. The molecule has 6 rings (SSSR count). The molecule has 4 aromatic carbocycles. The van der Waals surface area contributed by atoms with E-state index in [0.717, 1.165) is 26.2 Å². The zero-order chi connectivity index (χ0) is 37.9. The van der Waals surface area contributed by atoms with Crippen LogP contribution < -0.4 is 9.80 Å². The maximum atomic E-state index is 9.77. The summed E-state index contributed by atoms with van der Waals surface area (Å²) in [6, 6.07) is 34.9. The number of carboxylic acids is 2. The van der Waals surface area contributed by atoms with Crippen molar-refractivity contribution in [1.29, 1.82) is 0 Å². The first-order chi connectivity index (χ1) is 24.8. The number of anilines is 4. The summed E-state index contributed by atoms with van der Waals surface area (Å²) in [5.41, 5.74) is 5.36. The molecule has 4 N–H and O–H groups in total. The van der Waals surface area contributed by atoms with Gasteiger partial charge in [-0.05, 0) is 88.6 Å². The maximum Gasteiger partial charge on any atom is 0.335 e. The number of aliphatic hydroxyl groups excluding tert-OH is 2. The summed E-state index contributed by atoms with van der Waals surface area (Å²) in [7, 11) is 8.57. The minimum Gasteiger partial charge on any atom is -0.479 e. The lowest BCUT2D eigenvalue weighted by Crippen LogP contribution is -2.39. The number of hydrogen-bond donors (Lipinski definition) is 4. The summed E-state index contributed by atoms with van der Waals surface area (Å²) in [6.45, 7) is 8.96. The molecule has 12 heteroatoms. The molecule has 10 nitrogen and oxygen atoms in total. The van der Waals surface area contributed by atoms with E-state index in [-0.39, 0.29) is 0 Å². The van der Waals surface area contributed by atoms with E-state index in [9.17, 15) is 9.59 Å². The Hall–Kier alpha value is -4.04. The average molecular weight is 747 g/mol. The van der Waals surface area contributed by atoms with Crippen LogP contribution >= 0.6 is 23.5 Å². The molecule has 278 valence electrons. The van der Waals surface area contributed by atoms with Gasteiger partial charge in [-0.3, -0.25) is 0 Å². The summed E-state index contributed by atoms with van der Waals surface area (Å²) in [4.78, 5) is 34.5. The van der Waals surface area contributed by atoms with Gasteiger partial charge in [0, 0.05) is 45.8 Å². The normalized spacial score (nSPS) is 15.0. The Morgan fingerprint density at radius 1 is 0.538 bits per heavy atom. The van der Waals surface area contributed by atoms with E-state index >= 15 is 0 Å². The van der Waals surface area contributed by atoms with E-state index in [1.165, 1.54) is 42.3 Å². The van der Waals surface area contributed by atoms with Crippen molar-refractivity contribution in [3.63, 3.8) is 0 Å². The van der Waals surface area contributed by atoms with Crippen molar-refractivity contribution in [3.05, 3.63) is 97.1 Å². The number of carbonyl (C=O) groups is 2. The van der Waals surface area contributed by atoms with Gasteiger partial charge in [0.25, 0.3) is 0 Å². The zero-order valence-corrected chi connectivity index (χ0v) is 32.2. The summed E-state index contributed by atoms with van der Waals surface area (Å²) < 4.78 is 0. The number of rotatable bonds is 11. The fourth-order valence-electron chi connectivity index (χ4n) is 6.21. The Balaban J connectivity index is 0.000000187. The van der Waals surface area contributed by atoms with Crippen molar-refractivity contribution in [2.45, 2.75) is 45.6 Å². The largest absolute Gasteiger partial charge is 0.479 e. The monoisotopic (exact) mass is 746 g/mol. The van der Waals surface area contributed by atoms with Crippen LogP contribution in [0.1, 0.15) is 13.8 Å². The van der Waals surface area contributed by atoms with Gasteiger partial charge in [-0.15, -0.1) is 0 Å². The van der Waals surface area contributed by atoms with Gasteiger partial charge in [0.2, 0.25) is 0 Å². The molecule has 0 fully saturated rings. The van der Waals surface area contributed by atoms with Crippen molar-refractivity contribution in [2.24, 2.45) is 11.8 Å². The number of fused-ring (bicyclic) bond motifs is 4. The summed E-state index contributed by atoms with van der Waals surface area (Å²) >= 11 is 3.75. The van der Waals surface area contributed by atoms with E-state index in [2.05, 4.69) is 159 Å². The van der Waals surface area contributed by atoms with Crippen molar-refractivity contribution >= 4 is 58.2 Å². The number of carboxylic acid groups (broad SMARTS) is 2. The predicted molar refractivity (Wildman–Crippen MR) is 211 cm³/mol. The molecule has 0 saturated heterocycles. The van der Waals surface area contributed by atoms with E-state index in [0.29, 0.717) is 11.8 Å². The van der Waals surface area contributed by atoms with Crippen LogP contribution in [-0.4, -0.2) is 109 Å². The molecule has 4 atom stereocenters. The minimum atomic E-state index is -2.27. The predicted octanol–water partition coefficient (Wildman–Crippen LogP) is 6.85. The van der Waals surface area contributed by atoms with E-state index in [1.54, 1.807) is 0 Å². The number of nitrogens with zero attached hydrogens (tertiary/aromatic N) is 4. The number of aliphatic hydroxyl groups is 2. The highest BCUT2D eigenvalue weighted by Gasteiger charge is 2.29. The molecular weight excluding hydrogens is 697 g/mol. The number of para-hydroxylation sites is 4. The third-order valence-corrected chi connectivity index (χ3v) is 10.5. The first kappa shape index (κ1) is 40.7. The Bertz CT molecular complexity index is 1570. The molecule has 4 aromatic rings. The van der Waals surface area contributed by atoms with E-state index in [4.69, 9.17) is 20.4 Å². The third-order valence-electron chi connectivity index (χ3n) is 8.21. The molecule has 52 heavy (non-hydrogen) atoms. The first-order valence-corrected chi connectivity index (χ1v) is 18.8. The zero-order valence-electron chi connectivity index (χ0n) is 30.6. The topological polar surface area (TPSA) is 128 Å². The molecule has 2 heterocycles. The fraction of sp³-hybridized carbons (Fsp3) is 0.350. The van der Waals surface area contributed by atoms with Crippen molar-refractivity contribution in [3.8, 4) is 0 Å².